The minimum atomic E-state index is -1.20. The number of hydrogen-bond acceptors (Lipinski definition) is 2. The van der Waals surface area contributed by atoms with E-state index in [1.165, 1.54) is 6.07 Å². The van der Waals surface area contributed by atoms with Gasteiger partial charge in [-0.1, -0.05) is 57.2 Å². The van der Waals surface area contributed by atoms with E-state index in [2.05, 4.69) is 5.43 Å². The van der Waals surface area contributed by atoms with Crippen LogP contribution in [0.3, 0.4) is 0 Å². The molecule has 0 saturated heterocycles. The van der Waals surface area contributed by atoms with Gasteiger partial charge < -0.3 is 5.11 Å². The number of para-hydroxylation sites is 1. The van der Waals surface area contributed by atoms with Gasteiger partial charge in [-0.05, 0) is 24.6 Å². The number of nitrogens with zero attached hydrogens (tertiary/aromatic N) is 1. The molecule has 1 aromatic heterocycles. The van der Waals surface area contributed by atoms with Crippen LogP contribution in [0.15, 0.2) is 48.5 Å². The summed E-state index contributed by atoms with van der Waals surface area (Å²) in [5.74, 6) is -0.682. The van der Waals surface area contributed by atoms with E-state index in [9.17, 15) is 14.3 Å². The molecule has 5 heteroatoms. The molecule has 1 amide bonds. The van der Waals surface area contributed by atoms with E-state index >= 15 is 0 Å². The number of aliphatic hydroxyl groups excluding tert-OH is 1. The number of hydrogen-bond donors (Lipinski definition) is 2. The highest BCUT2D eigenvalue weighted by Gasteiger charge is 2.27. The lowest BCUT2D eigenvalue weighted by Gasteiger charge is -2.22. The molecule has 3 rings (SSSR count). The van der Waals surface area contributed by atoms with E-state index in [1.54, 1.807) is 22.9 Å². The van der Waals surface area contributed by atoms with Crippen molar-refractivity contribution in [3.63, 3.8) is 0 Å². The van der Waals surface area contributed by atoms with Crippen LogP contribution < -0.4 is 5.43 Å². The van der Waals surface area contributed by atoms with E-state index in [1.807, 2.05) is 52.0 Å². The lowest BCUT2D eigenvalue weighted by molar-refractivity contribution is -0.124. The van der Waals surface area contributed by atoms with E-state index in [4.69, 9.17) is 0 Å². The van der Waals surface area contributed by atoms with Crippen molar-refractivity contribution < 1.29 is 14.3 Å². The van der Waals surface area contributed by atoms with Gasteiger partial charge in [-0.3, -0.25) is 14.9 Å². The highest BCUT2D eigenvalue weighted by Crippen LogP contribution is 2.33. The van der Waals surface area contributed by atoms with Crippen LogP contribution in [0.25, 0.3) is 10.9 Å². The summed E-state index contributed by atoms with van der Waals surface area (Å²) in [5, 5.41) is 11.8. The zero-order chi connectivity index (χ0) is 19.1. The number of aryl methyl sites for hydroxylation is 1. The van der Waals surface area contributed by atoms with Crippen molar-refractivity contribution in [2.45, 2.75) is 33.8 Å². The van der Waals surface area contributed by atoms with Gasteiger partial charge in [-0.2, -0.15) is 0 Å². The fourth-order valence-electron chi connectivity index (χ4n) is 2.98. The van der Waals surface area contributed by atoms with Crippen molar-refractivity contribution in [1.82, 2.24) is 4.68 Å². The third kappa shape index (κ3) is 3.10. The minimum absolute atomic E-state index is 0.171. The van der Waals surface area contributed by atoms with Crippen molar-refractivity contribution in [2.24, 2.45) is 5.41 Å². The zero-order valence-electron chi connectivity index (χ0n) is 15.4. The van der Waals surface area contributed by atoms with Crippen LogP contribution in [0.1, 0.15) is 43.7 Å². The van der Waals surface area contributed by atoms with Crippen LogP contribution in [-0.2, 0) is 4.79 Å². The lowest BCUT2D eigenvalue weighted by Crippen LogP contribution is -2.34. The smallest absolute Gasteiger partial charge is 0.244 e. The molecular formula is C21H23FN2O2. The van der Waals surface area contributed by atoms with Gasteiger partial charge in [-0.25, -0.2) is 4.39 Å². The molecule has 0 aliphatic carbocycles. The second-order valence-corrected chi connectivity index (χ2v) is 7.48. The van der Waals surface area contributed by atoms with Crippen molar-refractivity contribution in [1.29, 1.82) is 0 Å². The van der Waals surface area contributed by atoms with E-state index in [0.717, 1.165) is 16.5 Å². The number of nitrogens with one attached hydrogen (secondary N) is 1. The highest BCUT2D eigenvalue weighted by molar-refractivity contribution is 5.92. The van der Waals surface area contributed by atoms with Crippen LogP contribution in [0.5, 0.6) is 0 Å². The predicted octanol–water partition coefficient (Wildman–Crippen LogP) is 4.29. The van der Waals surface area contributed by atoms with Crippen LogP contribution in [0.4, 0.5) is 4.39 Å². The standard InChI is InChI=1S/C21H23FN2O2/c1-13-14-9-6-8-12-17(14)24(23-20(26)21(2,3)4)18(13)19(25)15-10-5-7-11-16(15)22/h5-12,19,25H,1-4H3,(H,23,26). The predicted molar refractivity (Wildman–Crippen MR) is 101 cm³/mol. The Labute approximate surface area is 152 Å². The van der Waals surface area contributed by atoms with Gasteiger partial charge in [0.15, 0.2) is 0 Å². The first kappa shape index (κ1) is 18.1. The largest absolute Gasteiger partial charge is 0.382 e. The first-order valence-corrected chi connectivity index (χ1v) is 8.55. The molecule has 0 aliphatic heterocycles. The molecule has 1 unspecified atom stereocenters. The summed E-state index contributed by atoms with van der Waals surface area (Å²) in [4.78, 5) is 12.6. The van der Waals surface area contributed by atoms with E-state index < -0.39 is 17.3 Å². The molecule has 0 saturated carbocycles. The Bertz CT molecular complexity index is 970. The molecule has 0 aliphatic rings. The first-order chi connectivity index (χ1) is 12.2. The first-order valence-electron chi connectivity index (χ1n) is 8.55. The summed E-state index contributed by atoms with van der Waals surface area (Å²) < 4.78 is 15.8. The summed E-state index contributed by atoms with van der Waals surface area (Å²) in [7, 11) is 0. The van der Waals surface area contributed by atoms with Crippen LogP contribution in [-0.4, -0.2) is 15.7 Å². The maximum atomic E-state index is 14.2. The Morgan fingerprint density at radius 1 is 1.12 bits per heavy atom. The van der Waals surface area contributed by atoms with Gasteiger partial charge in [0.1, 0.15) is 11.9 Å². The molecule has 4 nitrogen and oxygen atoms in total. The average molecular weight is 354 g/mol. The van der Waals surface area contributed by atoms with Crippen LogP contribution in [0.2, 0.25) is 0 Å². The van der Waals surface area contributed by atoms with Crippen molar-refractivity contribution >= 4 is 16.8 Å². The van der Waals surface area contributed by atoms with Gasteiger partial charge in [0.2, 0.25) is 5.91 Å². The maximum absolute atomic E-state index is 14.2. The number of halogens is 1. The number of benzene rings is 2. The van der Waals surface area contributed by atoms with E-state index in [0.29, 0.717) is 5.69 Å². The SMILES string of the molecule is Cc1c(C(O)c2ccccc2F)n(NC(=O)C(C)(C)C)c2ccccc12. The molecular weight excluding hydrogens is 331 g/mol. The summed E-state index contributed by atoms with van der Waals surface area (Å²) in [6, 6.07) is 13.7. The molecule has 1 atom stereocenters. The minimum Gasteiger partial charge on any atom is -0.382 e. The molecule has 136 valence electrons. The Morgan fingerprint density at radius 2 is 1.73 bits per heavy atom. The van der Waals surface area contributed by atoms with Gasteiger partial charge in [0.25, 0.3) is 0 Å². The number of carbonyl (C=O) groups is 1. The number of rotatable bonds is 3. The Hall–Kier alpha value is -2.66. The fourth-order valence-corrected chi connectivity index (χ4v) is 2.98. The average Bonchev–Trinajstić information content (AvgIpc) is 2.86. The molecule has 26 heavy (non-hydrogen) atoms. The second kappa shape index (κ2) is 6.57. The normalized spacial score (nSPS) is 13.0. The molecule has 0 spiro atoms. The maximum Gasteiger partial charge on any atom is 0.244 e. The van der Waals surface area contributed by atoms with Crippen LogP contribution >= 0.6 is 0 Å². The van der Waals surface area contributed by atoms with E-state index in [-0.39, 0.29) is 11.5 Å². The fraction of sp³-hybridized carbons (Fsp3) is 0.286. The molecule has 0 radical (unpaired) electrons. The Kier molecular flexibility index (Phi) is 4.59. The van der Waals surface area contributed by atoms with Crippen molar-refractivity contribution in [3.05, 3.63) is 71.2 Å². The number of aromatic nitrogens is 1. The highest BCUT2D eigenvalue weighted by atomic mass is 19.1. The second-order valence-electron chi connectivity index (χ2n) is 7.48. The van der Waals surface area contributed by atoms with Gasteiger partial charge in [0.05, 0.1) is 11.2 Å². The third-order valence-corrected chi connectivity index (χ3v) is 4.53. The van der Waals surface area contributed by atoms with Crippen molar-refractivity contribution in [3.8, 4) is 0 Å². The number of fused-ring (bicyclic) bond motifs is 1. The molecule has 0 bridgehead atoms. The molecule has 1 heterocycles. The van der Waals surface area contributed by atoms with Crippen LogP contribution in [0, 0.1) is 18.2 Å². The summed E-state index contributed by atoms with van der Waals surface area (Å²) in [5.41, 5.74) is 4.45. The third-order valence-electron chi connectivity index (χ3n) is 4.53. The van der Waals surface area contributed by atoms with Crippen molar-refractivity contribution in [2.75, 3.05) is 5.43 Å². The quantitative estimate of drug-likeness (QED) is 0.737. The van der Waals surface area contributed by atoms with Gasteiger partial charge in [0, 0.05) is 16.4 Å². The summed E-state index contributed by atoms with van der Waals surface area (Å²) in [6.45, 7) is 7.30. The molecule has 2 N–H and O–H groups in total. The van der Waals surface area contributed by atoms with Gasteiger partial charge in [-0.15, -0.1) is 0 Å². The lowest BCUT2D eigenvalue weighted by atomic mass is 9.96. The molecule has 0 fully saturated rings. The Morgan fingerprint density at radius 3 is 2.38 bits per heavy atom. The molecule has 3 aromatic rings. The van der Waals surface area contributed by atoms with Gasteiger partial charge >= 0.3 is 0 Å². The number of aliphatic hydroxyl groups is 1. The summed E-state index contributed by atoms with van der Waals surface area (Å²) in [6.07, 6.45) is -1.20. The molecule has 2 aromatic carbocycles. The Balaban J connectivity index is 2.21. The number of amides is 1. The zero-order valence-corrected chi connectivity index (χ0v) is 15.4. The monoisotopic (exact) mass is 354 g/mol. The number of carbonyl (C=O) groups excluding carboxylic acids is 1. The summed E-state index contributed by atoms with van der Waals surface area (Å²) >= 11 is 0. The topological polar surface area (TPSA) is 54.3 Å².